The molecule has 0 radical (unpaired) electrons. The second-order valence-electron chi connectivity index (χ2n) is 6.31. The molecular formula is C18H23N3O3. The molecule has 0 spiro atoms. The Kier molecular flexibility index (Phi) is 4.83. The van der Waals surface area contributed by atoms with Gasteiger partial charge in [0.15, 0.2) is 0 Å². The van der Waals surface area contributed by atoms with Crippen LogP contribution in [0.4, 0.5) is 0 Å². The Morgan fingerprint density at radius 1 is 1.12 bits per heavy atom. The number of rotatable bonds is 3. The molecule has 1 atom stereocenters. The fourth-order valence-electron chi connectivity index (χ4n) is 3.44. The van der Waals surface area contributed by atoms with Crippen LogP contribution in [-0.2, 0) is 20.9 Å². The van der Waals surface area contributed by atoms with E-state index in [1.54, 1.807) is 14.7 Å². The van der Waals surface area contributed by atoms with Gasteiger partial charge in [-0.2, -0.15) is 0 Å². The summed E-state index contributed by atoms with van der Waals surface area (Å²) in [7, 11) is 0. The van der Waals surface area contributed by atoms with Crippen molar-refractivity contribution in [1.29, 1.82) is 0 Å². The zero-order valence-electron chi connectivity index (χ0n) is 14.0. The molecule has 2 heterocycles. The molecule has 0 aliphatic carbocycles. The Hall–Kier alpha value is -2.37. The van der Waals surface area contributed by atoms with Crippen LogP contribution in [0.15, 0.2) is 30.3 Å². The van der Waals surface area contributed by atoms with E-state index in [1.165, 1.54) is 0 Å². The lowest BCUT2D eigenvalue weighted by Crippen LogP contribution is -2.59. The molecule has 3 rings (SSSR count). The van der Waals surface area contributed by atoms with Gasteiger partial charge in [0.05, 0.1) is 0 Å². The highest BCUT2D eigenvalue weighted by molar-refractivity contribution is 5.95. The smallest absolute Gasteiger partial charge is 0.246 e. The predicted molar refractivity (Wildman–Crippen MR) is 88.8 cm³/mol. The highest BCUT2D eigenvalue weighted by Gasteiger charge is 2.40. The lowest BCUT2D eigenvalue weighted by molar-refractivity contribution is -0.156. The van der Waals surface area contributed by atoms with Crippen molar-refractivity contribution in [3.63, 3.8) is 0 Å². The molecule has 0 bridgehead atoms. The number of carbonyl (C=O) groups excluding carboxylic acids is 3. The fraction of sp³-hybridized carbons (Fsp3) is 0.500. The van der Waals surface area contributed by atoms with Crippen LogP contribution in [0.5, 0.6) is 0 Å². The minimum absolute atomic E-state index is 0.00995. The summed E-state index contributed by atoms with van der Waals surface area (Å²) >= 11 is 0. The average molecular weight is 329 g/mol. The summed E-state index contributed by atoms with van der Waals surface area (Å²) in [6, 6.07) is 9.26. The summed E-state index contributed by atoms with van der Waals surface area (Å²) in [5.74, 6) is 0.0430. The Morgan fingerprint density at radius 3 is 2.58 bits per heavy atom. The van der Waals surface area contributed by atoms with Gasteiger partial charge >= 0.3 is 0 Å². The van der Waals surface area contributed by atoms with Crippen molar-refractivity contribution in [2.45, 2.75) is 32.4 Å². The van der Waals surface area contributed by atoms with Crippen molar-refractivity contribution in [2.75, 3.05) is 26.2 Å². The number of benzene rings is 1. The maximum Gasteiger partial charge on any atom is 0.246 e. The summed E-state index contributed by atoms with van der Waals surface area (Å²) in [5.41, 5.74) is 1.02. The number of piperazine rings is 1. The van der Waals surface area contributed by atoms with Gasteiger partial charge in [-0.15, -0.1) is 0 Å². The molecule has 0 aromatic heterocycles. The van der Waals surface area contributed by atoms with Crippen molar-refractivity contribution in [2.24, 2.45) is 0 Å². The van der Waals surface area contributed by atoms with Crippen molar-refractivity contribution in [1.82, 2.24) is 14.7 Å². The summed E-state index contributed by atoms with van der Waals surface area (Å²) < 4.78 is 0. The Labute approximate surface area is 142 Å². The van der Waals surface area contributed by atoms with Crippen molar-refractivity contribution >= 4 is 17.7 Å². The third-order valence-corrected chi connectivity index (χ3v) is 4.77. The summed E-state index contributed by atoms with van der Waals surface area (Å²) in [6.45, 7) is 3.89. The first-order valence-electron chi connectivity index (χ1n) is 8.50. The van der Waals surface area contributed by atoms with Crippen LogP contribution in [0.1, 0.15) is 25.3 Å². The number of hydrogen-bond acceptors (Lipinski definition) is 3. The lowest BCUT2D eigenvalue weighted by atomic mass is 10.1. The first kappa shape index (κ1) is 16.5. The van der Waals surface area contributed by atoms with Crippen LogP contribution in [0.3, 0.4) is 0 Å². The number of amides is 3. The zero-order valence-corrected chi connectivity index (χ0v) is 14.0. The molecule has 1 aromatic carbocycles. The molecule has 1 aromatic rings. The van der Waals surface area contributed by atoms with E-state index in [-0.39, 0.29) is 24.3 Å². The summed E-state index contributed by atoms with van der Waals surface area (Å²) in [6.07, 6.45) is 0.967. The molecule has 6 nitrogen and oxygen atoms in total. The molecule has 1 unspecified atom stereocenters. The summed E-state index contributed by atoms with van der Waals surface area (Å²) in [5, 5.41) is 0. The Bertz CT molecular complexity index is 632. The van der Waals surface area contributed by atoms with Gasteiger partial charge in [0.2, 0.25) is 17.7 Å². The van der Waals surface area contributed by atoms with Gasteiger partial charge in [-0.25, -0.2) is 0 Å². The highest BCUT2D eigenvalue weighted by Crippen LogP contribution is 2.21. The monoisotopic (exact) mass is 329 g/mol. The van der Waals surface area contributed by atoms with Gasteiger partial charge < -0.3 is 14.7 Å². The first-order chi connectivity index (χ1) is 11.6. The Morgan fingerprint density at radius 2 is 1.88 bits per heavy atom. The third-order valence-electron chi connectivity index (χ3n) is 4.77. The molecular weight excluding hydrogens is 306 g/mol. The van der Waals surface area contributed by atoms with Gasteiger partial charge in [0, 0.05) is 32.6 Å². The first-order valence-corrected chi connectivity index (χ1v) is 8.50. The van der Waals surface area contributed by atoms with Gasteiger partial charge in [-0.05, 0) is 12.0 Å². The van der Waals surface area contributed by atoms with E-state index in [1.807, 2.05) is 37.3 Å². The molecule has 0 N–H and O–H groups in total. The van der Waals surface area contributed by atoms with Gasteiger partial charge in [-0.1, -0.05) is 37.3 Å². The quantitative estimate of drug-likeness (QED) is 0.827. The molecule has 128 valence electrons. The van der Waals surface area contributed by atoms with Crippen LogP contribution in [-0.4, -0.2) is 64.6 Å². The molecule has 2 fully saturated rings. The number of carbonyl (C=O) groups is 3. The maximum absolute atomic E-state index is 12.8. The lowest BCUT2D eigenvalue weighted by Gasteiger charge is -2.39. The molecule has 24 heavy (non-hydrogen) atoms. The second kappa shape index (κ2) is 7.03. The van der Waals surface area contributed by atoms with E-state index in [0.717, 1.165) is 5.56 Å². The van der Waals surface area contributed by atoms with E-state index >= 15 is 0 Å². The van der Waals surface area contributed by atoms with Crippen LogP contribution in [0.2, 0.25) is 0 Å². The van der Waals surface area contributed by atoms with Crippen molar-refractivity contribution in [3.05, 3.63) is 35.9 Å². The number of hydrogen-bond donors (Lipinski definition) is 0. The predicted octanol–water partition coefficient (Wildman–Crippen LogP) is 0.868. The van der Waals surface area contributed by atoms with E-state index in [4.69, 9.17) is 0 Å². The number of fused-ring (bicyclic) bond motifs is 1. The van der Waals surface area contributed by atoms with Crippen LogP contribution in [0.25, 0.3) is 0 Å². The molecule has 2 saturated heterocycles. The standard InChI is InChI=1S/C18H23N3O3/c1-2-16(22)19-9-8-15-18(24)20(12-14-6-4-3-5-7-14)13-17(23)21(15)11-10-19/h3-7,15H,2,8-13H2,1H3. The molecule has 3 amide bonds. The normalized spacial score (nSPS) is 21.5. The van der Waals surface area contributed by atoms with Gasteiger partial charge in [0.1, 0.15) is 12.6 Å². The number of nitrogens with zero attached hydrogens (tertiary/aromatic N) is 3. The van der Waals surface area contributed by atoms with E-state index < -0.39 is 6.04 Å². The van der Waals surface area contributed by atoms with Crippen LogP contribution < -0.4 is 0 Å². The fourth-order valence-corrected chi connectivity index (χ4v) is 3.44. The maximum atomic E-state index is 12.8. The SMILES string of the molecule is CCC(=O)N1CCC2C(=O)N(Cc3ccccc3)CC(=O)N2CC1. The van der Waals surface area contributed by atoms with Crippen LogP contribution in [0, 0.1) is 0 Å². The van der Waals surface area contributed by atoms with Crippen molar-refractivity contribution < 1.29 is 14.4 Å². The van der Waals surface area contributed by atoms with E-state index in [0.29, 0.717) is 39.0 Å². The zero-order chi connectivity index (χ0) is 17.1. The van der Waals surface area contributed by atoms with Gasteiger partial charge in [0.25, 0.3) is 0 Å². The van der Waals surface area contributed by atoms with Crippen LogP contribution >= 0.6 is 0 Å². The van der Waals surface area contributed by atoms with Gasteiger partial charge in [-0.3, -0.25) is 14.4 Å². The van der Waals surface area contributed by atoms with E-state index in [9.17, 15) is 14.4 Å². The largest absolute Gasteiger partial charge is 0.341 e. The minimum atomic E-state index is -0.440. The molecule has 6 heteroatoms. The highest BCUT2D eigenvalue weighted by atomic mass is 16.2. The average Bonchev–Trinajstić information content (AvgIpc) is 2.83. The van der Waals surface area contributed by atoms with E-state index in [2.05, 4.69) is 0 Å². The minimum Gasteiger partial charge on any atom is -0.341 e. The molecule has 2 aliphatic rings. The third kappa shape index (κ3) is 3.27. The second-order valence-corrected chi connectivity index (χ2v) is 6.31. The van der Waals surface area contributed by atoms with Crippen molar-refractivity contribution in [3.8, 4) is 0 Å². The topological polar surface area (TPSA) is 60.9 Å². The molecule has 2 aliphatic heterocycles. The molecule has 0 saturated carbocycles. The Balaban J connectivity index is 1.73. The summed E-state index contributed by atoms with van der Waals surface area (Å²) in [4.78, 5) is 42.3.